The number of nitrogens with zero attached hydrogens (tertiary/aromatic N) is 3. The van der Waals surface area contributed by atoms with Gasteiger partial charge < -0.3 is 10.2 Å². The van der Waals surface area contributed by atoms with Crippen LogP contribution in [0.1, 0.15) is 32.3 Å². The average molecular weight is 284 g/mol. The number of rotatable bonds is 8. The molecule has 0 aliphatic rings. The van der Waals surface area contributed by atoms with E-state index in [-0.39, 0.29) is 0 Å². The van der Waals surface area contributed by atoms with Crippen molar-refractivity contribution in [3.8, 4) is 0 Å². The second-order valence-corrected chi connectivity index (χ2v) is 5.02. The minimum atomic E-state index is 0.780. The van der Waals surface area contributed by atoms with Gasteiger partial charge in [0.2, 0.25) is 5.95 Å². The number of anilines is 2. The van der Waals surface area contributed by atoms with Crippen LogP contribution in [0, 0.1) is 0 Å². The van der Waals surface area contributed by atoms with Crippen LogP contribution in [0.15, 0.2) is 42.6 Å². The number of aromatic nitrogens is 2. The van der Waals surface area contributed by atoms with E-state index in [0.29, 0.717) is 0 Å². The molecular formula is C17H24N4. The van der Waals surface area contributed by atoms with Gasteiger partial charge in [-0.25, -0.2) is 4.98 Å². The molecule has 1 heterocycles. The van der Waals surface area contributed by atoms with Gasteiger partial charge in [0, 0.05) is 25.8 Å². The fraction of sp³-hybridized carbons (Fsp3) is 0.412. The monoisotopic (exact) mass is 284 g/mol. The molecule has 21 heavy (non-hydrogen) atoms. The Hall–Kier alpha value is -2.10. The molecule has 1 N–H and O–H groups in total. The van der Waals surface area contributed by atoms with E-state index in [2.05, 4.69) is 58.3 Å². The zero-order valence-electron chi connectivity index (χ0n) is 12.9. The first kappa shape index (κ1) is 15.3. The summed E-state index contributed by atoms with van der Waals surface area (Å²) in [6, 6.07) is 12.3. The summed E-state index contributed by atoms with van der Waals surface area (Å²) in [5.74, 6) is 1.68. The fourth-order valence-corrected chi connectivity index (χ4v) is 2.12. The number of hydrogen-bond donors (Lipinski definition) is 1. The van der Waals surface area contributed by atoms with Gasteiger partial charge in [-0.05, 0) is 25.0 Å². The Balaban J connectivity index is 2.05. The maximum Gasteiger partial charge on any atom is 0.227 e. The summed E-state index contributed by atoms with van der Waals surface area (Å²) >= 11 is 0. The molecule has 0 saturated carbocycles. The Kier molecular flexibility index (Phi) is 6.00. The highest BCUT2D eigenvalue weighted by atomic mass is 15.3. The van der Waals surface area contributed by atoms with Crippen molar-refractivity contribution in [2.45, 2.75) is 33.2 Å². The van der Waals surface area contributed by atoms with Crippen LogP contribution in [-0.2, 0) is 6.54 Å². The first-order valence-corrected chi connectivity index (χ1v) is 7.69. The van der Waals surface area contributed by atoms with Gasteiger partial charge >= 0.3 is 0 Å². The topological polar surface area (TPSA) is 41.1 Å². The van der Waals surface area contributed by atoms with E-state index in [9.17, 15) is 0 Å². The van der Waals surface area contributed by atoms with Crippen molar-refractivity contribution in [2.24, 2.45) is 0 Å². The van der Waals surface area contributed by atoms with Crippen molar-refractivity contribution in [1.82, 2.24) is 9.97 Å². The molecule has 0 saturated heterocycles. The van der Waals surface area contributed by atoms with E-state index in [0.717, 1.165) is 37.8 Å². The molecule has 0 amide bonds. The van der Waals surface area contributed by atoms with Gasteiger partial charge in [-0.2, -0.15) is 4.98 Å². The van der Waals surface area contributed by atoms with Crippen LogP contribution in [0.5, 0.6) is 0 Å². The Morgan fingerprint density at radius 2 is 1.90 bits per heavy atom. The molecule has 0 unspecified atom stereocenters. The summed E-state index contributed by atoms with van der Waals surface area (Å²) in [5, 5.41) is 3.35. The Morgan fingerprint density at radius 3 is 2.62 bits per heavy atom. The molecular weight excluding hydrogens is 260 g/mol. The van der Waals surface area contributed by atoms with Gasteiger partial charge in [0.25, 0.3) is 0 Å². The highest BCUT2D eigenvalue weighted by molar-refractivity contribution is 5.41. The smallest absolute Gasteiger partial charge is 0.227 e. The van der Waals surface area contributed by atoms with Crippen LogP contribution < -0.4 is 10.2 Å². The Morgan fingerprint density at radius 1 is 1.10 bits per heavy atom. The van der Waals surface area contributed by atoms with Crippen molar-refractivity contribution >= 4 is 11.8 Å². The van der Waals surface area contributed by atoms with E-state index < -0.39 is 0 Å². The summed E-state index contributed by atoms with van der Waals surface area (Å²) in [6.07, 6.45) is 4.16. The normalized spacial score (nSPS) is 10.4. The minimum Gasteiger partial charge on any atom is -0.370 e. The maximum absolute atomic E-state index is 4.62. The van der Waals surface area contributed by atoms with Gasteiger partial charge in [0.15, 0.2) is 0 Å². The molecule has 2 rings (SSSR count). The summed E-state index contributed by atoms with van der Waals surface area (Å²) < 4.78 is 0. The van der Waals surface area contributed by atoms with E-state index in [4.69, 9.17) is 0 Å². The van der Waals surface area contributed by atoms with Crippen LogP contribution in [-0.4, -0.2) is 23.1 Å². The predicted molar refractivity (Wildman–Crippen MR) is 88.6 cm³/mol. The highest BCUT2D eigenvalue weighted by Crippen LogP contribution is 2.14. The molecule has 0 atom stereocenters. The molecule has 0 radical (unpaired) electrons. The van der Waals surface area contributed by atoms with Crippen LogP contribution >= 0.6 is 0 Å². The molecule has 112 valence electrons. The van der Waals surface area contributed by atoms with Gasteiger partial charge in [-0.1, -0.05) is 43.7 Å². The minimum absolute atomic E-state index is 0.780. The lowest BCUT2D eigenvalue weighted by Gasteiger charge is -2.21. The molecule has 4 heteroatoms. The molecule has 4 nitrogen and oxygen atoms in total. The lowest BCUT2D eigenvalue weighted by atomic mass is 10.2. The summed E-state index contributed by atoms with van der Waals surface area (Å²) in [4.78, 5) is 11.2. The molecule has 0 spiro atoms. The van der Waals surface area contributed by atoms with Crippen LogP contribution in [0.4, 0.5) is 11.8 Å². The molecule has 0 aliphatic carbocycles. The Bertz CT molecular complexity index is 527. The van der Waals surface area contributed by atoms with Crippen LogP contribution in [0.2, 0.25) is 0 Å². The van der Waals surface area contributed by atoms with Crippen molar-refractivity contribution in [2.75, 3.05) is 23.3 Å². The van der Waals surface area contributed by atoms with Gasteiger partial charge in [-0.15, -0.1) is 0 Å². The third kappa shape index (κ3) is 4.74. The number of nitrogens with one attached hydrogen (secondary N) is 1. The second kappa shape index (κ2) is 8.25. The quantitative estimate of drug-likeness (QED) is 0.750. The van der Waals surface area contributed by atoms with E-state index in [1.54, 1.807) is 0 Å². The average Bonchev–Trinajstić information content (AvgIpc) is 2.54. The molecule has 0 bridgehead atoms. The SMILES string of the molecule is CCCCNc1ccnc(N(CC)Cc2ccccc2)n1. The lowest BCUT2D eigenvalue weighted by Crippen LogP contribution is -2.24. The number of hydrogen-bond acceptors (Lipinski definition) is 4. The molecule has 1 aromatic carbocycles. The van der Waals surface area contributed by atoms with Crippen molar-refractivity contribution in [3.05, 3.63) is 48.2 Å². The van der Waals surface area contributed by atoms with Gasteiger partial charge in [-0.3, -0.25) is 0 Å². The first-order valence-electron chi connectivity index (χ1n) is 7.69. The zero-order chi connectivity index (χ0) is 14.9. The zero-order valence-corrected chi connectivity index (χ0v) is 12.9. The third-order valence-electron chi connectivity index (χ3n) is 3.36. The third-order valence-corrected chi connectivity index (χ3v) is 3.36. The fourth-order valence-electron chi connectivity index (χ4n) is 2.12. The van der Waals surface area contributed by atoms with Crippen LogP contribution in [0.3, 0.4) is 0 Å². The van der Waals surface area contributed by atoms with E-state index in [1.807, 2.05) is 18.3 Å². The number of benzene rings is 1. The second-order valence-electron chi connectivity index (χ2n) is 5.02. The van der Waals surface area contributed by atoms with E-state index >= 15 is 0 Å². The van der Waals surface area contributed by atoms with Crippen molar-refractivity contribution < 1.29 is 0 Å². The largest absolute Gasteiger partial charge is 0.370 e. The van der Waals surface area contributed by atoms with Gasteiger partial charge in [0.1, 0.15) is 5.82 Å². The van der Waals surface area contributed by atoms with E-state index in [1.165, 1.54) is 12.0 Å². The summed E-state index contributed by atoms with van der Waals surface area (Å²) in [5.41, 5.74) is 1.27. The molecule has 2 aromatic rings. The standard InChI is InChI=1S/C17H24N4/c1-3-5-12-18-16-11-13-19-17(20-16)21(4-2)14-15-9-7-6-8-10-15/h6-11,13H,3-5,12,14H2,1-2H3,(H,18,19,20). The van der Waals surface area contributed by atoms with Crippen molar-refractivity contribution in [3.63, 3.8) is 0 Å². The maximum atomic E-state index is 4.62. The number of unbranched alkanes of at least 4 members (excludes halogenated alkanes) is 1. The first-order chi connectivity index (χ1) is 10.3. The molecule has 0 aliphatic heterocycles. The van der Waals surface area contributed by atoms with Gasteiger partial charge in [0.05, 0.1) is 0 Å². The Labute approximate surface area is 127 Å². The molecule has 0 fully saturated rings. The highest BCUT2D eigenvalue weighted by Gasteiger charge is 2.08. The molecule has 1 aromatic heterocycles. The lowest BCUT2D eigenvalue weighted by molar-refractivity contribution is 0.788. The van der Waals surface area contributed by atoms with Crippen LogP contribution in [0.25, 0.3) is 0 Å². The summed E-state index contributed by atoms with van der Waals surface area (Å²) in [6.45, 7) is 6.98. The predicted octanol–water partition coefficient (Wildman–Crippen LogP) is 3.72. The summed E-state index contributed by atoms with van der Waals surface area (Å²) in [7, 11) is 0. The van der Waals surface area contributed by atoms with Crippen molar-refractivity contribution in [1.29, 1.82) is 0 Å².